The lowest BCUT2D eigenvalue weighted by Crippen LogP contribution is -2.41. The molecule has 1 heterocycles. The van der Waals surface area contributed by atoms with Gasteiger partial charge in [0, 0.05) is 13.1 Å². The highest BCUT2D eigenvalue weighted by Crippen LogP contribution is 2.16. The van der Waals surface area contributed by atoms with Crippen molar-refractivity contribution in [1.29, 1.82) is 0 Å². The van der Waals surface area contributed by atoms with Crippen LogP contribution < -0.4 is 10.1 Å². The molecule has 1 N–H and O–H groups in total. The Labute approximate surface area is 127 Å². The molecule has 0 saturated carbocycles. The van der Waals surface area contributed by atoms with E-state index in [2.05, 4.69) is 25.2 Å². The maximum Gasteiger partial charge on any atom is 0.317 e. The van der Waals surface area contributed by atoms with Gasteiger partial charge in [0.25, 0.3) is 0 Å². The fourth-order valence-electron chi connectivity index (χ4n) is 2.52. The SMILES string of the molecule is Cc1ccc(OCCNC(=O)N2CCCCCC2)cc1C. The van der Waals surface area contributed by atoms with Crippen molar-refractivity contribution in [3.05, 3.63) is 29.3 Å². The lowest BCUT2D eigenvalue weighted by Gasteiger charge is -2.20. The molecule has 2 rings (SSSR count). The fourth-order valence-corrected chi connectivity index (χ4v) is 2.52. The molecular weight excluding hydrogens is 264 g/mol. The largest absolute Gasteiger partial charge is 0.492 e. The molecule has 1 aliphatic heterocycles. The molecule has 1 aromatic rings. The monoisotopic (exact) mass is 290 g/mol. The lowest BCUT2D eigenvalue weighted by atomic mass is 10.1. The quantitative estimate of drug-likeness (QED) is 0.865. The van der Waals surface area contributed by atoms with E-state index in [0.29, 0.717) is 13.2 Å². The summed E-state index contributed by atoms with van der Waals surface area (Å²) in [5.74, 6) is 0.863. The number of rotatable bonds is 4. The van der Waals surface area contributed by atoms with Crippen molar-refractivity contribution in [2.24, 2.45) is 0 Å². The third-order valence-corrected chi connectivity index (χ3v) is 4.02. The fraction of sp³-hybridized carbons (Fsp3) is 0.588. The van der Waals surface area contributed by atoms with Crippen LogP contribution >= 0.6 is 0 Å². The molecular formula is C17H26N2O2. The van der Waals surface area contributed by atoms with E-state index in [1.54, 1.807) is 0 Å². The number of nitrogens with one attached hydrogen (secondary N) is 1. The zero-order chi connectivity index (χ0) is 15.1. The minimum atomic E-state index is 0.0422. The molecule has 2 amide bonds. The van der Waals surface area contributed by atoms with Crippen molar-refractivity contribution >= 4 is 6.03 Å². The van der Waals surface area contributed by atoms with Crippen LogP contribution in [0.4, 0.5) is 4.79 Å². The van der Waals surface area contributed by atoms with Crippen molar-refractivity contribution in [3.63, 3.8) is 0 Å². The molecule has 1 fully saturated rings. The molecule has 0 unspecified atom stereocenters. The van der Waals surface area contributed by atoms with Crippen LogP contribution in [0.3, 0.4) is 0 Å². The standard InChI is InChI=1S/C17H26N2O2/c1-14-7-8-16(13-15(14)2)21-12-9-18-17(20)19-10-5-3-4-6-11-19/h7-8,13H,3-6,9-12H2,1-2H3,(H,18,20). The van der Waals surface area contributed by atoms with Crippen LogP contribution in [0.1, 0.15) is 36.8 Å². The molecule has 4 nitrogen and oxygen atoms in total. The van der Waals surface area contributed by atoms with Crippen molar-refractivity contribution in [1.82, 2.24) is 10.2 Å². The number of nitrogens with zero attached hydrogens (tertiary/aromatic N) is 1. The summed E-state index contributed by atoms with van der Waals surface area (Å²) in [6, 6.07) is 6.10. The van der Waals surface area contributed by atoms with Crippen molar-refractivity contribution in [2.45, 2.75) is 39.5 Å². The number of hydrogen-bond donors (Lipinski definition) is 1. The van der Waals surface area contributed by atoms with Crippen LogP contribution in [0, 0.1) is 13.8 Å². The van der Waals surface area contributed by atoms with E-state index < -0.39 is 0 Å². The third kappa shape index (κ3) is 4.96. The Balaban J connectivity index is 1.68. The van der Waals surface area contributed by atoms with Gasteiger partial charge in [-0.3, -0.25) is 0 Å². The molecule has 116 valence electrons. The summed E-state index contributed by atoms with van der Waals surface area (Å²) in [4.78, 5) is 13.9. The maximum absolute atomic E-state index is 12.0. The van der Waals surface area contributed by atoms with E-state index in [1.807, 2.05) is 17.0 Å². The Morgan fingerprint density at radius 1 is 1.14 bits per heavy atom. The number of benzene rings is 1. The van der Waals surface area contributed by atoms with E-state index in [4.69, 9.17) is 4.74 Å². The first-order chi connectivity index (χ1) is 10.2. The number of carbonyl (C=O) groups is 1. The zero-order valence-electron chi connectivity index (χ0n) is 13.2. The summed E-state index contributed by atoms with van der Waals surface area (Å²) in [6.45, 7) is 6.96. The first-order valence-corrected chi connectivity index (χ1v) is 7.89. The van der Waals surface area contributed by atoms with Crippen LogP contribution in [0.5, 0.6) is 5.75 Å². The molecule has 1 saturated heterocycles. The Bertz CT molecular complexity index is 466. The third-order valence-electron chi connectivity index (χ3n) is 4.02. The molecule has 0 radical (unpaired) electrons. The predicted octanol–water partition coefficient (Wildman–Crippen LogP) is 3.27. The van der Waals surface area contributed by atoms with Crippen LogP contribution in [0.15, 0.2) is 18.2 Å². The summed E-state index contributed by atoms with van der Waals surface area (Å²) in [5, 5.41) is 2.94. The molecule has 4 heteroatoms. The van der Waals surface area contributed by atoms with Gasteiger partial charge in [-0.2, -0.15) is 0 Å². The minimum Gasteiger partial charge on any atom is -0.492 e. The van der Waals surface area contributed by atoms with Gasteiger partial charge in [-0.05, 0) is 49.9 Å². The highest BCUT2D eigenvalue weighted by molar-refractivity contribution is 5.74. The molecule has 0 aliphatic carbocycles. The first-order valence-electron chi connectivity index (χ1n) is 7.89. The summed E-state index contributed by atoms with van der Waals surface area (Å²) in [5.41, 5.74) is 2.48. The Morgan fingerprint density at radius 2 is 1.86 bits per heavy atom. The molecule has 0 bridgehead atoms. The van der Waals surface area contributed by atoms with Gasteiger partial charge in [-0.25, -0.2) is 4.79 Å². The number of hydrogen-bond acceptors (Lipinski definition) is 2. The summed E-state index contributed by atoms with van der Waals surface area (Å²) in [6.07, 6.45) is 4.71. The minimum absolute atomic E-state index is 0.0422. The number of amides is 2. The van der Waals surface area contributed by atoms with Gasteiger partial charge in [0.05, 0.1) is 6.54 Å². The topological polar surface area (TPSA) is 41.6 Å². The molecule has 0 aromatic heterocycles. The van der Waals surface area contributed by atoms with E-state index >= 15 is 0 Å². The number of ether oxygens (including phenoxy) is 1. The Morgan fingerprint density at radius 3 is 2.52 bits per heavy atom. The molecule has 0 spiro atoms. The van der Waals surface area contributed by atoms with Crippen LogP contribution in [0.2, 0.25) is 0 Å². The van der Waals surface area contributed by atoms with E-state index in [-0.39, 0.29) is 6.03 Å². The highest BCUT2D eigenvalue weighted by Gasteiger charge is 2.14. The highest BCUT2D eigenvalue weighted by atomic mass is 16.5. The second-order valence-electron chi connectivity index (χ2n) is 5.73. The smallest absolute Gasteiger partial charge is 0.317 e. The van der Waals surface area contributed by atoms with Crippen LogP contribution in [0.25, 0.3) is 0 Å². The Kier molecular flexibility index (Phi) is 5.90. The van der Waals surface area contributed by atoms with Crippen LogP contribution in [-0.4, -0.2) is 37.2 Å². The molecule has 1 aliphatic rings. The van der Waals surface area contributed by atoms with Crippen molar-refractivity contribution in [3.8, 4) is 5.75 Å². The van der Waals surface area contributed by atoms with Gasteiger partial charge in [0.1, 0.15) is 12.4 Å². The number of aryl methyl sites for hydroxylation is 2. The average molecular weight is 290 g/mol. The number of urea groups is 1. The van der Waals surface area contributed by atoms with Gasteiger partial charge >= 0.3 is 6.03 Å². The van der Waals surface area contributed by atoms with Gasteiger partial charge in [-0.1, -0.05) is 18.9 Å². The average Bonchev–Trinajstić information content (AvgIpc) is 2.76. The number of carbonyl (C=O) groups excluding carboxylic acids is 1. The predicted molar refractivity (Wildman–Crippen MR) is 84.9 cm³/mol. The lowest BCUT2D eigenvalue weighted by molar-refractivity contribution is 0.196. The molecule has 0 atom stereocenters. The zero-order valence-corrected chi connectivity index (χ0v) is 13.2. The normalized spacial score (nSPS) is 15.4. The maximum atomic E-state index is 12.0. The van der Waals surface area contributed by atoms with E-state index in [0.717, 1.165) is 31.7 Å². The van der Waals surface area contributed by atoms with Crippen molar-refractivity contribution < 1.29 is 9.53 Å². The number of likely N-dealkylation sites (tertiary alicyclic amines) is 1. The summed E-state index contributed by atoms with van der Waals surface area (Å²) in [7, 11) is 0. The van der Waals surface area contributed by atoms with Crippen molar-refractivity contribution in [2.75, 3.05) is 26.2 Å². The van der Waals surface area contributed by atoms with Gasteiger partial charge in [-0.15, -0.1) is 0 Å². The van der Waals surface area contributed by atoms with Crippen LogP contribution in [-0.2, 0) is 0 Å². The van der Waals surface area contributed by atoms with E-state index in [9.17, 15) is 4.79 Å². The van der Waals surface area contributed by atoms with Gasteiger partial charge in [0.15, 0.2) is 0 Å². The summed E-state index contributed by atoms with van der Waals surface area (Å²) >= 11 is 0. The second kappa shape index (κ2) is 7.91. The summed E-state index contributed by atoms with van der Waals surface area (Å²) < 4.78 is 5.67. The first kappa shape index (κ1) is 15.7. The Hall–Kier alpha value is -1.71. The second-order valence-corrected chi connectivity index (χ2v) is 5.73. The molecule has 21 heavy (non-hydrogen) atoms. The van der Waals surface area contributed by atoms with E-state index in [1.165, 1.54) is 24.0 Å². The van der Waals surface area contributed by atoms with Gasteiger partial charge < -0.3 is 15.0 Å². The molecule has 1 aromatic carbocycles. The van der Waals surface area contributed by atoms with Gasteiger partial charge in [0.2, 0.25) is 0 Å².